The molecule has 19 heavy (non-hydrogen) atoms. The van der Waals surface area contributed by atoms with Crippen LogP contribution in [0.5, 0.6) is 0 Å². The van der Waals surface area contributed by atoms with E-state index in [4.69, 9.17) is 0 Å². The molecule has 1 aromatic rings. The Morgan fingerprint density at radius 3 is 2.84 bits per heavy atom. The van der Waals surface area contributed by atoms with Gasteiger partial charge in [0.05, 0.1) is 5.69 Å². The molecule has 3 atom stereocenters. The summed E-state index contributed by atoms with van der Waals surface area (Å²) in [4.78, 5) is 11.3. The number of hydrogen-bond donors (Lipinski definition) is 2. The van der Waals surface area contributed by atoms with Crippen LogP contribution >= 0.6 is 0 Å². The van der Waals surface area contributed by atoms with Crippen molar-refractivity contribution in [3.63, 3.8) is 0 Å². The highest BCUT2D eigenvalue weighted by Gasteiger charge is 2.39. The second-order valence-corrected chi connectivity index (χ2v) is 6.05. The maximum Gasteiger partial charge on any atom is 0.341 e. The number of aromatic carboxylic acids is 1. The number of carboxylic acids is 1. The molecule has 2 N–H and O–H groups in total. The minimum Gasteiger partial charge on any atom is -0.477 e. The standard InChI is InChI=1S/C14H21N3O2/c1-8-12(14(18)19)13(17(2)16-8)15-7-11-6-9-3-4-10(11)5-9/h9-11,15H,3-7H2,1-2H3,(H,18,19). The summed E-state index contributed by atoms with van der Waals surface area (Å²) in [5.41, 5.74) is 0.885. The lowest BCUT2D eigenvalue weighted by Crippen LogP contribution is -2.22. The number of anilines is 1. The molecule has 2 bridgehead atoms. The Balaban J connectivity index is 1.71. The topological polar surface area (TPSA) is 67.2 Å². The Kier molecular flexibility index (Phi) is 2.99. The van der Waals surface area contributed by atoms with Gasteiger partial charge in [0.15, 0.2) is 0 Å². The van der Waals surface area contributed by atoms with Gasteiger partial charge < -0.3 is 10.4 Å². The van der Waals surface area contributed by atoms with Crippen molar-refractivity contribution in [2.75, 3.05) is 11.9 Å². The average Bonchev–Trinajstić information content (AvgIpc) is 3.00. The van der Waals surface area contributed by atoms with Gasteiger partial charge in [-0.15, -0.1) is 0 Å². The first-order chi connectivity index (χ1) is 9.06. The highest BCUT2D eigenvalue weighted by atomic mass is 16.4. The van der Waals surface area contributed by atoms with Crippen LogP contribution in [0.4, 0.5) is 5.82 Å². The zero-order valence-electron chi connectivity index (χ0n) is 11.5. The van der Waals surface area contributed by atoms with Crippen LogP contribution in [-0.2, 0) is 7.05 Å². The molecule has 0 aliphatic heterocycles. The van der Waals surface area contributed by atoms with Crippen LogP contribution < -0.4 is 5.32 Å². The zero-order chi connectivity index (χ0) is 13.6. The van der Waals surface area contributed by atoms with E-state index in [1.165, 1.54) is 25.7 Å². The largest absolute Gasteiger partial charge is 0.477 e. The van der Waals surface area contributed by atoms with E-state index in [-0.39, 0.29) is 0 Å². The summed E-state index contributed by atoms with van der Waals surface area (Å²) in [6.07, 6.45) is 5.43. The highest BCUT2D eigenvalue weighted by molar-refractivity contribution is 5.94. The van der Waals surface area contributed by atoms with E-state index in [1.54, 1.807) is 18.7 Å². The molecule has 3 unspecified atom stereocenters. The number of hydrogen-bond acceptors (Lipinski definition) is 3. The molecule has 2 aliphatic rings. The molecule has 0 aromatic carbocycles. The zero-order valence-corrected chi connectivity index (χ0v) is 11.5. The van der Waals surface area contributed by atoms with Gasteiger partial charge in [-0.2, -0.15) is 5.10 Å². The molecule has 0 radical (unpaired) electrons. The fourth-order valence-corrected chi connectivity index (χ4v) is 3.97. The van der Waals surface area contributed by atoms with Gasteiger partial charge in [-0.05, 0) is 43.9 Å². The third kappa shape index (κ3) is 2.11. The van der Waals surface area contributed by atoms with Crippen molar-refractivity contribution in [1.29, 1.82) is 0 Å². The molecule has 0 spiro atoms. The number of fused-ring (bicyclic) bond motifs is 2. The average molecular weight is 263 g/mol. The third-order valence-electron chi connectivity index (χ3n) is 4.85. The maximum absolute atomic E-state index is 11.3. The van der Waals surface area contributed by atoms with E-state index < -0.39 is 5.97 Å². The Morgan fingerprint density at radius 2 is 2.26 bits per heavy atom. The lowest BCUT2D eigenvalue weighted by atomic mass is 9.89. The normalized spacial score (nSPS) is 28.8. The van der Waals surface area contributed by atoms with Gasteiger partial charge in [0.2, 0.25) is 0 Å². The molecule has 3 rings (SSSR count). The molecule has 5 heteroatoms. The molecule has 2 saturated carbocycles. The van der Waals surface area contributed by atoms with Crippen LogP contribution in [-0.4, -0.2) is 27.4 Å². The van der Waals surface area contributed by atoms with Gasteiger partial charge in [-0.25, -0.2) is 4.79 Å². The van der Waals surface area contributed by atoms with Crippen molar-refractivity contribution in [3.05, 3.63) is 11.3 Å². The van der Waals surface area contributed by atoms with Gasteiger partial charge >= 0.3 is 5.97 Å². The van der Waals surface area contributed by atoms with Gasteiger partial charge in [0.25, 0.3) is 0 Å². The van der Waals surface area contributed by atoms with Crippen molar-refractivity contribution in [3.8, 4) is 0 Å². The molecule has 1 aromatic heterocycles. The van der Waals surface area contributed by atoms with Crippen LogP contribution in [0.1, 0.15) is 41.7 Å². The summed E-state index contributed by atoms with van der Waals surface area (Å²) >= 11 is 0. The molecule has 0 saturated heterocycles. The summed E-state index contributed by atoms with van der Waals surface area (Å²) in [6, 6.07) is 0. The Morgan fingerprint density at radius 1 is 1.47 bits per heavy atom. The van der Waals surface area contributed by atoms with Crippen LogP contribution in [0.25, 0.3) is 0 Å². The summed E-state index contributed by atoms with van der Waals surface area (Å²) in [7, 11) is 1.79. The van der Waals surface area contributed by atoms with Crippen molar-refractivity contribution in [2.24, 2.45) is 24.8 Å². The van der Waals surface area contributed by atoms with Gasteiger partial charge in [-0.1, -0.05) is 6.42 Å². The maximum atomic E-state index is 11.3. The number of aryl methyl sites for hydroxylation is 2. The lowest BCUT2D eigenvalue weighted by Gasteiger charge is -2.22. The fraction of sp³-hybridized carbons (Fsp3) is 0.714. The summed E-state index contributed by atoms with van der Waals surface area (Å²) < 4.78 is 1.64. The van der Waals surface area contributed by atoms with Crippen molar-refractivity contribution >= 4 is 11.8 Å². The fourth-order valence-electron chi connectivity index (χ4n) is 3.97. The first kappa shape index (κ1) is 12.5. The summed E-state index contributed by atoms with van der Waals surface area (Å²) in [6.45, 7) is 2.62. The van der Waals surface area contributed by atoms with E-state index in [0.29, 0.717) is 23.0 Å². The molecular weight excluding hydrogens is 242 g/mol. The van der Waals surface area contributed by atoms with Gasteiger partial charge in [0, 0.05) is 13.6 Å². The van der Waals surface area contributed by atoms with Crippen LogP contribution in [0.15, 0.2) is 0 Å². The summed E-state index contributed by atoms with van der Waals surface area (Å²) in [5.74, 6) is 2.22. The minimum absolute atomic E-state index is 0.311. The number of carboxylic acid groups (broad SMARTS) is 1. The van der Waals surface area contributed by atoms with Crippen molar-refractivity contribution in [2.45, 2.75) is 32.6 Å². The molecule has 0 amide bonds. The molecular formula is C14H21N3O2. The molecule has 2 fully saturated rings. The highest BCUT2D eigenvalue weighted by Crippen LogP contribution is 2.48. The number of rotatable bonds is 4. The molecule has 5 nitrogen and oxygen atoms in total. The number of nitrogens with zero attached hydrogens (tertiary/aromatic N) is 2. The quantitative estimate of drug-likeness (QED) is 0.874. The van der Waals surface area contributed by atoms with E-state index >= 15 is 0 Å². The second-order valence-electron chi connectivity index (χ2n) is 6.05. The summed E-state index contributed by atoms with van der Waals surface area (Å²) in [5, 5.41) is 16.8. The van der Waals surface area contributed by atoms with Crippen LogP contribution in [0, 0.1) is 24.7 Å². The Hall–Kier alpha value is -1.52. The van der Waals surface area contributed by atoms with E-state index in [9.17, 15) is 9.90 Å². The Bertz CT molecular complexity index is 509. The number of aromatic nitrogens is 2. The number of carbonyl (C=O) groups is 1. The SMILES string of the molecule is Cc1nn(C)c(NCC2CC3CCC2C3)c1C(=O)O. The third-order valence-corrected chi connectivity index (χ3v) is 4.85. The van der Waals surface area contributed by atoms with Crippen molar-refractivity contribution < 1.29 is 9.90 Å². The van der Waals surface area contributed by atoms with Gasteiger partial charge in [-0.3, -0.25) is 4.68 Å². The predicted molar refractivity (Wildman–Crippen MR) is 72.3 cm³/mol. The van der Waals surface area contributed by atoms with Gasteiger partial charge in [0.1, 0.15) is 11.4 Å². The lowest BCUT2D eigenvalue weighted by molar-refractivity contribution is 0.0697. The molecule has 2 aliphatic carbocycles. The van der Waals surface area contributed by atoms with E-state index in [1.807, 2.05) is 0 Å². The smallest absolute Gasteiger partial charge is 0.341 e. The first-order valence-electron chi connectivity index (χ1n) is 7.07. The second kappa shape index (κ2) is 4.54. The van der Waals surface area contributed by atoms with E-state index in [0.717, 1.165) is 18.4 Å². The molecule has 104 valence electrons. The van der Waals surface area contributed by atoms with E-state index in [2.05, 4.69) is 10.4 Å². The monoisotopic (exact) mass is 263 g/mol. The van der Waals surface area contributed by atoms with Crippen LogP contribution in [0.2, 0.25) is 0 Å². The van der Waals surface area contributed by atoms with Crippen LogP contribution in [0.3, 0.4) is 0 Å². The molecule has 1 heterocycles. The minimum atomic E-state index is -0.902. The predicted octanol–water partition coefficient (Wildman–Crippen LogP) is 2.27. The number of nitrogens with one attached hydrogen (secondary N) is 1. The van der Waals surface area contributed by atoms with Crippen molar-refractivity contribution in [1.82, 2.24) is 9.78 Å². The Labute approximate surface area is 113 Å². The first-order valence-corrected chi connectivity index (χ1v) is 7.07.